The molecule has 0 amide bonds. The smallest absolute Gasteiger partial charge is 0.119 e. The zero-order valence-corrected chi connectivity index (χ0v) is 12.7. The van der Waals surface area contributed by atoms with E-state index in [0.29, 0.717) is 13.2 Å². The van der Waals surface area contributed by atoms with Gasteiger partial charge in [-0.15, -0.1) is 0 Å². The van der Waals surface area contributed by atoms with Gasteiger partial charge in [0.2, 0.25) is 0 Å². The highest BCUT2D eigenvalue weighted by Crippen LogP contribution is 2.29. The van der Waals surface area contributed by atoms with Crippen LogP contribution in [0.15, 0.2) is 30.3 Å². The van der Waals surface area contributed by atoms with Crippen molar-refractivity contribution in [3.8, 4) is 11.8 Å². The Bertz CT molecular complexity index is 454. The SMILES string of the molecule is CCNC1(C#N)CCCC(OCCOc2ccccc2)C1. The Balaban J connectivity index is 1.72. The van der Waals surface area contributed by atoms with E-state index in [1.165, 1.54) is 0 Å². The van der Waals surface area contributed by atoms with Crippen LogP contribution in [0, 0.1) is 11.3 Å². The lowest BCUT2D eigenvalue weighted by molar-refractivity contribution is -0.00326. The van der Waals surface area contributed by atoms with Gasteiger partial charge in [-0.05, 0) is 37.9 Å². The number of hydrogen-bond donors (Lipinski definition) is 1. The molecule has 1 aliphatic rings. The van der Waals surface area contributed by atoms with Gasteiger partial charge >= 0.3 is 0 Å². The molecular weight excluding hydrogens is 264 g/mol. The molecule has 0 saturated heterocycles. The topological polar surface area (TPSA) is 54.3 Å². The maximum absolute atomic E-state index is 9.42. The number of rotatable bonds is 7. The molecule has 2 unspecified atom stereocenters. The van der Waals surface area contributed by atoms with E-state index in [1.807, 2.05) is 37.3 Å². The number of nitrogens with one attached hydrogen (secondary N) is 1. The summed E-state index contributed by atoms with van der Waals surface area (Å²) in [6, 6.07) is 12.2. The van der Waals surface area contributed by atoms with E-state index in [9.17, 15) is 5.26 Å². The van der Waals surface area contributed by atoms with Gasteiger partial charge in [-0.1, -0.05) is 25.1 Å². The van der Waals surface area contributed by atoms with Crippen LogP contribution in [0.25, 0.3) is 0 Å². The first-order valence-corrected chi connectivity index (χ1v) is 7.74. The van der Waals surface area contributed by atoms with Crippen molar-refractivity contribution in [1.82, 2.24) is 5.32 Å². The van der Waals surface area contributed by atoms with Gasteiger partial charge in [0.1, 0.15) is 17.9 Å². The summed E-state index contributed by atoms with van der Waals surface area (Å²) in [5, 5.41) is 12.7. The molecule has 0 spiro atoms. The number of nitrogens with zero attached hydrogens (tertiary/aromatic N) is 1. The van der Waals surface area contributed by atoms with Crippen molar-refractivity contribution in [3.63, 3.8) is 0 Å². The number of nitriles is 1. The van der Waals surface area contributed by atoms with Gasteiger partial charge in [-0.2, -0.15) is 5.26 Å². The third-order valence-electron chi connectivity index (χ3n) is 3.88. The number of hydrogen-bond acceptors (Lipinski definition) is 4. The van der Waals surface area contributed by atoms with Gasteiger partial charge < -0.3 is 9.47 Å². The Hall–Kier alpha value is -1.57. The van der Waals surface area contributed by atoms with E-state index in [0.717, 1.165) is 38.0 Å². The molecule has 1 saturated carbocycles. The fourth-order valence-corrected chi connectivity index (χ4v) is 2.90. The standard InChI is InChI=1S/C17H24N2O2/c1-2-19-17(14-18)10-6-9-16(13-17)21-12-11-20-15-7-4-3-5-8-15/h3-5,7-8,16,19H,2,6,9-13H2,1H3. The van der Waals surface area contributed by atoms with Crippen molar-refractivity contribution >= 4 is 0 Å². The minimum absolute atomic E-state index is 0.150. The molecule has 4 nitrogen and oxygen atoms in total. The van der Waals surface area contributed by atoms with E-state index >= 15 is 0 Å². The van der Waals surface area contributed by atoms with E-state index < -0.39 is 5.54 Å². The summed E-state index contributed by atoms with van der Waals surface area (Å²) in [4.78, 5) is 0. The van der Waals surface area contributed by atoms with E-state index in [2.05, 4.69) is 11.4 Å². The lowest BCUT2D eigenvalue weighted by atomic mass is 9.81. The van der Waals surface area contributed by atoms with Gasteiger partial charge in [0.15, 0.2) is 0 Å². The Morgan fingerprint density at radius 1 is 1.33 bits per heavy atom. The Kier molecular flexibility index (Phi) is 6.04. The second-order valence-corrected chi connectivity index (χ2v) is 5.47. The third kappa shape index (κ3) is 4.73. The Morgan fingerprint density at radius 3 is 2.86 bits per heavy atom. The van der Waals surface area contributed by atoms with E-state index in [1.54, 1.807) is 0 Å². The van der Waals surface area contributed by atoms with Crippen molar-refractivity contribution in [2.75, 3.05) is 19.8 Å². The maximum atomic E-state index is 9.42. The molecule has 2 rings (SSSR count). The first-order valence-electron chi connectivity index (χ1n) is 7.74. The normalized spacial score (nSPS) is 25.2. The molecule has 21 heavy (non-hydrogen) atoms. The highest BCUT2D eigenvalue weighted by Gasteiger charge is 2.36. The second-order valence-electron chi connectivity index (χ2n) is 5.47. The lowest BCUT2D eigenvalue weighted by Gasteiger charge is -2.36. The predicted molar refractivity (Wildman–Crippen MR) is 82.2 cm³/mol. The molecule has 2 atom stereocenters. The molecule has 1 fully saturated rings. The minimum Gasteiger partial charge on any atom is -0.491 e. The fraction of sp³-hybridized carbons (Fsp3) is 0.588. The predicted octanol–water partition coefficient (Wildman–Crippen LogP) is 2.90. The summed E-state index contributed by atoms with van der Waals surface area (Å²) in [6.45, 7) is 3.96. The van der Waals surface area contributed by atoms with Crippen molar-refractivity contribution in [1.29, 1.82) is 5.26 Å². The molecular formula is C17H24N2O2. The first kappa shape index (κ1) is 15.8. The van der Waals surface area contributed by atoms with E-state index in [-0.39, 0.29) is 6.10 Å². The van der Waals surface area contributed by atoms with Crippen molar-refractivity contribution in [2.24, 2.45) is 0 Å². The van der Waals surface area contributed by atoms with Crippen LogP contribution in [-0.2, 0) is 4.74 Å². The van der Waals surface area contributed by atoms with Crippen LogP contribution in [0.5, 0.6) is 5.75 Å². The average Bonchev–Trinajstić information content (AvgIpc) is 2.53. The molecule has 1 N–H and O–H groups in total. The molecule has 0 aliphatic heterocycles. The lowest BCUT2D eigenvalue weighted by Crippen LogP contribution is -2.49. The summed E-state index contributed by atoms with van der Waals surface area (Å²) >= 11 is 0. The summed E-state index contributed by atoms with van der Waals surface area (Å²) in [5.41, 5.74) is -0.405. The molecule has 1 aromatic rings. The quantitative estimate of drug-likeness (QED) is 0.784. The highest BCUT2D eigenvalue weighted by atomic mass is 16.5. The van der Waals surface area contributed by atoms with Crippen LogP contribution in [0.4, 0.5) is 0 Å². The third-order valence-corrected chi connectivity index (χ3v) is 3.88. The van der Waals surface area contributed by atoms with Crippen LogP contribution < -0.4 is 10.1 Å². The number of benzene rings is 1. The molecule has 114 valence electrons. The van der Waals surface area contributed by atoms with Crippen molar-refractivity contribution < 1.29 is 9.47 Å². The Morgan fingerprint density at radius 2 is 2.14 bits per heavy atom. The molecule has 0 aromatic heterocycles. The largest absolute Gasteiger partial charge is 0.491 e. The van der Waals surface area contributed by atoms with Crippen molar-refractivity contribution in [3.05, 3.63) is 30.3 Å². The molecule has 1 aromatic carbocycles. The van der Waals surface area contributed by atoms with E-state index in [4.69, 9.17) is 9.47 Å². The fourth-order valence-electron chi connectivity index (χ4n) is 2.90. The molecule has 4 heteroatoms. The van der Waals surface area contributed by atoms with Crippen LogP contribution >= 0.6 is 0 Å². The first-order chi connectivity index (χ1) is 10.3. The summed E-state index contributed by atoms with van der Waals surface area (Å²) in [5.74, 6) is 0.865. The Labute approximate surface area is 127 Å². The number of para-hydroxylation sites is 1. The summed E-state index contributed by atoms with van der Waals surface area (Å²) in [7, 11) is 0. The van der Waals surface area contributed by atoms with Gasteiger partial charge in [0, 0.05) is 6.42 Å². The second kappa shape index (κ2) is 8.02. The number of ether oxygens (including phenoxy) is 2. The highest BCUT2D eigenvalue weighted by molar-refractivity contribution is 5.20. The zero-order valence-electron chi connectivity index (χ0n) is 12.7. The molecule has 0 radical (unpaired) electrons. The van der Waals surface area contributed by atoms with Gasteiger partial charge in [-0.3, -0.25) is 5.32 Å². The van der Waals surface area contributed by atoms with Crippen LogP contribution in [0.2, 0.25) is 0 Å². The van der Waals surface area contributed by atoms with Crippen LogP contribution in [-0.4, -0.2) is 31.4 Å². The van der Waals surface area contributed by atoms with Gasteiger partial charge in [0.25, 0.3) is 0 Å². The van der Waals surface area contributed by atoms with Gasteiger partial charge in [0.05, 0.1) is 18.8 Å². The van der Waals surface area contributed by atoms with Gasteiger partial charge in [-0.25, -0.2) is 0 Å². The minimum atomic E-state index is -0.405. The average molecular weight is 288 g/mol. The van der Waals surface area contributed by atoms with Crippen LogP contribution in [0.1, 0.15) is 32.6 Å². The van der Waals surface area contributed by atoms with Crippen molar-refractivity contribution in [2.45, 2.75) is 44.2 Å². The van der Waals surface area contributed by atoms with Crippen LogP contribution in [0.3, 0.4) is 0 Å². The molecule has 0 bridgehead atoms. The zero-order chi connectivity index (χ0) is 15.0. The monoisotopic (exact) mass is 288 g/mol. The summed E-state index contributed by atoms with van der Waals surface area (Å²) in [6.07, 6.45) is 3.89. The molecule has 0 heterocycles. The maximum Gasteiger partial charge on any atom is 0.119 e. The molecule has 1 aliphatic carbocycles. The summed E-state index contributed by atoms with van der Waals surface area (Å²) < 4.78 is 11.5.